The number of amides is 2. The van der Waals surface area contributed by atoms with Gasteiger partial charge in [0, 0.05) is 12.2 Å². The number of carbonyl (C=O) groups is 2. The Balaban J connectivity index is 2.13. The first kappa shape index (κ1) is 13.4. The lowest BCUT2D eigenvalue weighted by atomic mass is 10.1. The van der Waals surface area contributed by atoms with E-state index in [4.69, 9.17) is 5.11 Å². The second-order valence-electron chi connectivity index (χ2n) is 4.87. The van der Waals surface area contributed by atoms with E-state index in [0.717, 1.165) is 23.2 Å². The van der Waals surface area contributed by atoms with Crippen LogP contribution in [0.15, 0.2) is 18.2 Å². The molecule has 1 unspecified atom stereocenters. The van der Waals surface area contributed by atoms with Crippen molar-refractivity contribution in [3.8, 4) is 0 Å². The molecule has 1 aliphatic rings. The molecule has 0 saturated carbocycles. The zero-order valence-corrected chi connectivity index (χ0v) is 11.1. The average molecular weight is 262 g/mol. The number of anilines is 1. The third-order valence-corrected chi connectivity index (χ3v) is 3.64. The molecule has 1 fully saturated rings. The summed E-state index contributed by atoms with van der Waals surface area (Å²) in [5.41, 5.74) is 2.83. The van der Waals surface area contributed by atoms with E-state index in [2.05, 4.69) is 5.32 Å². The van der Waals surface area contributed by atoms with Crippen LogP contribution in [0, 0.1) is 13.8 Å². The molecule has 0 spiro atoms. The number of aliphatic carboxylic acids is 1. The molecule has 2 rings (SSSR count). The fraction of sp³-hybridized carbons (Fsp3) is 0.429. The van der Waals surface area contributed by atoms with E-state index in [0.29, 0.717) is 13.0 Å². The number of nitrogens with zero attached hydrogens (tertiary/aromatic N) is 1. The zero-order chi connectivity index (χ0) is 14.0. The molecule has 5 heteroatoms. The van der Waals surface area contributed by atoms with Crippen molar-refractivity contribution >= 4 is 17.7 Å². The molecule has 1 aromatic carbocycles. The smallest absolute Gasteiger partial charge is 0.326 e. The highest BCUT2D eigenvalue weighted by atomic mass is 16.4. The van der Waals surface area contributed by atoms with Gasteiger partial charge in [0.1, 0.15) is 6.04 Å². The van der Waals surface area contributed by atoms with Crippen LogP contribution >= 0.6 is 0 Å². The van der Waals surface area contributed by atoms with Crippen molar-refractivity contribution in [1.82, 2.24) is 4.90 Å². The van der Waals surface area contributed by atoms with Gasteiger partial charge in [0.2, 0.25) is 0 Å². The summed E-state index contributed by atoms with van der Waals surface area (Å²) in [7, 11) is 0. The number of rotatable bonds is 2. The summed E-state index contributed by atoms with van der Waals surface area (Å²) in [6.07, 6.45) is 1.26. The van der Waals surface area contributed by atoms with Crippen molar-refractivity contribution in [3.05, 3.63) is 29.3 Å². The van der Waals surface area contributed by atoms with Crippen molar-refractivity contribution in [2.45, 2.75) is 32.7 Å². The SMILES string of the molecule is Cc1cccc(NC(=O)N2CCCC2C(=O)O)c1C. The molecule has 1 aromatic rings. The first-order valence-electron chi connectivity index (χ1n) is 6.37. The maximum atomic E-state index is 12.1. The number of carboxylic acid groups (broad SMARTS) is 1. The van der Waals surface area contributed by atoms with E-state index < -0.39 is 12.0 Å². The molecule has 5 nitrogen and oxygen atoms in total. The minimum absolute atomic E-state index is 0.335. The molecule has 0 aromatic heterocycles. The molecule has 1 aliphatic heterocycles. The highest BCUT2D eigenvalue weighted by Gasteiger charge is 2.34. The minimum atomic E-state index is -0.936. The van der Waals surface area contributed by atoms with E-state index in [9.17, 15) is 9.59 Å². The standard InChI is InChI=1S/C14H18N2O3/c1-9-5-3-6-11(10(9)2)15-14(19)16-8-4-7-12(16)13(17)18/h3,5-6,12H,4,7-8H2,1-2H3,(H,15,19)(H,17,18). The zero-order valence-electron chi connectivity index (χ0n) is 11.1. The summed E-state index contributed by atoms with van der Waals surface area (Å²) >= 11 is 0. The first-order valence-corrected chi connectivity index (χ1v) is 6.37. The molecule has 19 heavy (non-hydrogen) atoms. The van der Waals surface area contributed by atoms with Crippen molar-refractivity contribution in [3.63, 3.8) is 0 Å². The molecule has 1 atom stereocenters. The van der Waals surface area contributed by atoms with E-state index in [1.54, 1.807) is 0 Å². The van der Waals surface area contributed by atoms with Gasteiger partial charge in [-0.3, -0.25) is 0 Å². The van der Waals surface area contributed by atoms with Gasteiger partial charge in [-0.2, -0.15) is 0 Å². The van der Waals surface area contributed by atoms with Gasteiger partial charge in [-0.15, -0.1) is 0 Å². The summed E-state index contributed by atoms with van der Waals surface area (Å²) in [5, 5.41) is 11.9. The molecule has 1 heterocycles. The predicted octanol–water partition coefficient (Wildman–Crippen LogP) is 2.38. The second-order valence-corrected chi connectivity index (χ2v) is 4.87. The fourth-order valence-electron chi connectivity index (χ4n) is 2.34. The number of hydrogen-bond acceptors (Lipinski definition) is 2. The quantitative estimate of drug-likeness (QED) is 0.859. The van der Waals surface area contributed by atoms with Crippen LogP contribution in [-0.4, -0.2) is 34.6 Å². The van der Waals surface area contributed by atoms with Crippen LogP contribution < -0.4 is 5.32 Å². The largest absolute Gasteiger partial charge is 0.480 e. The summed E-state index contributed by atoms with van der Waals surface area (Å²) in [6.45, 7) is 4.40. The maximum absolute atomic E-state index is 12.1. The third kappa shape index (κ3) is 2.70. The van der Waals surface area contributed by atoms with Crippen LogP contribution in [0.3, 0.4) is 0 Å². The summed E-state index contributed by atoms with van der Waals surface area (Å²) in [5.74, 6) is -0.936. The van der Waals surface area contributed by atoms with Crippen LogP contribution in [0.5, 0.6) is 0 Å². The molecule has 0 bridgehead atoms. The van der Waals surface area contributed by atoms with Gasteiger partial charge in [0.15, 0.2) is 0 Å². The number of carboxylic acids is 1. The number of nitrogens with one attached hydrogen (secondary N) is 1. The lowest BCUT2D eigenvalue weighted by Crippen LogP contribution is -2.42. The molecule has 2 N–H and O–H groups in total. The fourth-order valence-corrected chi connectivity index (χ4v) is 2.34. The lowest BCUT2D eigenvalue weighted by Gasteiger charge is -2.22. The number of hydrogen-bond donors (Lipinski definition) is 2. The average Bonchev–Trinajstić information content (AvgIpc) is 2.84. The Morgan fingerprint density at radius 1 is 1.37 bits per heavy atom. The van der Waals surface area contributed by atoms with Gasteiger partial charge < -0.3 is 15.3 Å². The van der Waals surface area contributed by atoms with Crippen LogP contribution in [0.1, 0.15) is 24.0 Å². The Labute approximate surface area is 112 Å². The molecule has 2 amide bonds. The maximum Gasteiger partial charge on any atom is 0.326 e. The normalized spacial score (nSPS) is 18.4. The van der Waals surface area contributed by atoms with E-state index in [-0.39, 0.29) is 6.03 Å². The molecular weight excluding hydrogens is 244 g/mol. The van der Waals surface area contributed by atoms with Crippen LogP contribution in [0.25, 0.3) is 0 Å². The van der Waals surface area contributed by atoms with Crippen molar-refractivity contribution in [2.24, 2.45) is 0 Å². The van der Waals surface area contributed by atoms with Crippen molar-refractivity contribution in [2.75, 3.05) is 11.9 Å². The minimum Gasteiger partial charge on any atom is -0.480 e. The number of carbonyl (C=O) groups excluding carboxylic acids is 1. The highest BCUT2D eigenvalue weighted by molar-refractivity contribution is 5.93. The number of benzene rings is 1. The number of likely N-dealkylation sites (tertiary alicyclic amines) is 1. The van der Waals surface area contributed by atoms with Crippen molar-refractivity contribution < 1.29 is 14.7 Å². The summed E-state index contributed by atoms with van der Waals surface area (Å²) in [4.78, 5) is 24.6. The van der Waals surface area contributed by atoms with Gasteiger partial charge >= 0.3 is 12.0 Å². The summed E-state index contributed by atoms with van der Waals surface area (Å²) in [6, 6.07) is 4.63. The monoisotopic (exact) mass is 262 g/mol. The molecule has 0 radical (unpaired) electrons. The Bertz CT molecular complexity index is 513. The molecule has 0 aliphatic carbocycles. The predicted molar refractivity (Wildman–Crippen MR) is 72.3 cm³/mol. The van der Waals surface area contributed by atoms with E-state index in [1.807, 2.05) is 32.0 Å². The number of urea groups is 1. The molecular formula is C14H18N2O3. The summed E-state index contributed by atoms with van der Waals surface area (Å²) < 4.78 is 0. The van der Waals surface area contributed by atoms with Gasteiger partial charge in [0.25, 0.3) is 0 Å². The topological polar surface area (TPSA) is 69.6 Å². The molecule has 1 saturated heterocycles. The highest BCUT2D eigenvalue weighted by Crippen LogP contribution is 2.22. The third-order valence-electron chi connectivity index (χ3n) is 3.64. The second kappa shape index (κ2) is 5.30. The first-order chi connectivity index (χ1) is 9.00. The van der Waals surface area contributed by atoms with Gasteiger partial charge in [0.05, 0.1) is 0 Å². The Morgan fingerprint density at radius 2 is 2.11 bits per heavy atom. The van der Waals surface area contributed by atoms with Crippen LogP contribution in [0.4, 0.5) is 10.5 Å². The van der Waals surface area contributed by atoms with E-state index in [1.165, 1.54) is 4.90 Å². The van der Waals surface area contributed by atoms with Gasteiger partial charge in [-0.1, -0.05) is 12.1 Å². The molecule has 102 valence electrons. The Kier molecular flexibility index (Phi) is 3.74. The van der Waals surface area contributed by atoms with Gasteiger partial charge in [-0.25, -0.2) is 9.59 Å². The Morgan fingerprint density at radius 3 is 2.79 bits per heavy atom. The lowest BCUT2D eigenvalue weighted by molar-refractivity contribution is -0.141. The van der Waals surface area contributed by atoms with Crippen molar-refractivity contribution in [1.29, 1.82) is 0 Å². The van der Waals surface area contributed by atoms with E-state index >= 15 is 0 Å². The van der Waals surface area contributed by atoms with Crippen LogP contribution in [0.2, 0.25) is 0 Å². The Hall–Kier alpha value is -2.04. The van der Waals surface area contributed by atoms with Gasteiger partial charge in [-0.05, 0) is 43.9 Å². The number of aryl methyl sites for hydroxylation is 1. The van der Waals surface area contributed by atoms with Crippen LogP contribution in [-0.2, 0) is 4.79 Å².